The molecule has 0 unspecified atom stereocenters. The average molecular weight is 595 g/mol. The SMILES string of the molecule is C.C.C.C.CC(=O)c1cc(C)cc(C(=O)O)c1.CC(=O)c1cc(C)cc(C(C)=O)c1.CC(=O)c1cc(C)cc(C(C)=O)c1. The fraction of sp³-hybridized carbons (Fsp3) is 0.333. The van der Waals surface area contributed by atoms with E-state index in [0.29, 0.717) is 27.8 Å². The molecule has 3 aromatic rings. The monoisotopic (exact) mass is 594 g/mol. The summed E-state index contributed by atoms with van der Waals surface area (Å²) in [5.41, 5.74) is 5.68. The van der Waals surface area contributed by atoms with Crippen molar-refractivity contribution in [1.82, 2.24) is 0 Å². The van der Waals surface area contributed by atoms with Crippen molar-refractivity contribution in [1.29, 1.82) is 0 Å². The minimum atomic E-state index is -1.01. The molecule has 3 rings (SSSR count). The third-order valence-corrected chi connectivity index (χ3v) is 5.51. The van der Waals surface area contributed by atoms with E-state index in [0.717, 1.165) is 16.7 Å². The second-order valence-electron chi connectivity index (χ2n) is 9.35. The Morgan fingerprint density at radius 2 is 0.535 bits per heavy atom. The van der Waals surface area contributed by atoms with Gasteiger partial charge in [-0.1, -0.05) is 29.7 Å². The third kappa shape index (κ3) is 15.3. The van der Waals surface area contributed by atoms with Crippen LogP contribution in [-0.4, -0.2) is 40.0 Å². The van der Waals surface area contributed by atoms with Crippen molar-refractivity contribution in [2.24, 2.45) is 0 Å². The molecule has 0 radical (unpaired) electrons. The van der Waals surface area contributed by atoms with Crippen LogP contribution in [-0.2, 0) is 0 Å². The van der Waals surface area contributed by atoms with Crippen LogP contribution in [0.4, 0.5) is 0 Å². The van der Waals surface area contributed by atoms with Crippen molar-refractivity contribution in [3.05, 3.63) is 105 Å². The van der Waals surface area contributed by atoms with Crippen molar-refractivity contribution in [2.75, 3.05) is 0 Å². The summed E-state index contributed by atoms with van der Waals surface area (Å²) in [6.45, 7) is 12.9. The number of carbonyl (C=O) groups is 6. The number of benzene rings is 3. The molecule has 0 aliphatic carbocycles. The van der Waals surface area contributed by atoms with Crippen molar-refractivity contribution >= 4 is 34.9 Å². The Balaban J connectivity index is -0.000000253. The number of carbonyl (C=O) groups excluding carboxylic acids is 5. The molecule has 0 saturated carbocycles. The van der Waals surface area contributed by atoms with Gasteiger partial charge in [0.2, 0.25) is 0 Å². The van der Waals surface area contributed by atoms with Gasteiger partial charge in [0.1, 0.15) is 0 Å². The van der Waals surface area contributed by atoms with Gasteiger partial charge in [-0.05, 0) is 127 Å². The number of carboxylic acid groups (broad SMARTS) is 1. The van der Waals surface area contributed by atoms with Crippen molar-refractivity contribution in [2.45, 2.75) is 85.1 Å². The summed E-state index contributed by atoms with van der Waals surface area (Å²) in [5.74, 6) is -1.16. The Hall–Kier alpha value is -4.52. The molecule has 7 nitrogen and oxygen atoms in total. The number of Topliss-reactive ketones (excluding diaryl/α,β-unsaturated/α-hetero) is 5. The van der Waals surface area contributed by atoms with Crippen LogP contribution < -0.4 is 0 Å². The van der Waals surface area contributed by atoms with Crippen molar-refractivity contribution in [3.8, 4) is 0 Å². The summed E-state index contributed by atoms with van der Waals surface area (Å²) >= 11 is 0. The second kappa shape index (κ2) is 20.4. The van der Waals surface area contributed by atoms with Gasteiger partial charge in [-0.15, -0.1) is 0 Å². The molecule has 43 heavy (non-hydrogen) atoms. The molecule has 0 amide bonds. The molecule has 3 aromatic carbocycles. The van der Waals surface area contributed by atoms with Gasteiger partial charge in [-0.3, -0.25) is 24.0 Å². The molecular formula is C36H50O7. The normalized spacial score (nSPS) is 8.84. The summed E-state index contributed by atoms with van der Waals surface area (Å²) in [4.78, 5) is 65.8. The van der Waals surface area contributed by atoms with Crippen LogP contribution in [0.3, 0.4) is 0 Å². The standard InChI is InChI=1S/2C11H12O2.C10H10O3.4CH4/c2*1-7-4-10(8(2)12)6-11(5-7)9(3)13;1-6-3-8(7(2)11)5-9(4-6)10(12)13;;;;/h2*4-6H,1-3H3;3-5H,1-2H3,(H,12,13);4*1H4. The van der Waals surface area contributed by atoms with E-state index in [1.807, 2.05) is 13.8 Å². The van der Waals surface area contributed by atoms with E-state index in [9.17, 15) is 28.8 Å². The zero-order valence-corrected chi connectivity index (χ0v) is 23.6. The third-order valence-electron chi connectivity index (χ3n) is 5.51. The van der Waals surface area contributed by atoms with Crippen LogP contribution in [0.1, 0.15) is 143 Å². The van der Waals surface area contributed by atoms with Crippen LogP contribution >= 0.6 is 0 Å². The van der Waals surface area contributed by atoms with Crippen LogP contribution in [0.5, 0.6) is 0 Å². The first-order valence-electron chi connectivity index (χ1n) is 12.1. The van der Waals surface area contributed by atoms with Crippen molar-refractivity contribution in [3.63, 3.8) is 0 Å². The molecule has 0 aliphatic heterocycles. The van der Waals surface area contributed by atoms with Gasteiger partial charge in [-0.25, -0.2) is 4.79 Å². The highest BCUT2D eigenvalue weighted by Gasteiger charge is 2.08. The van der Waals surface area contributed by atoms with E-state index in [4.69, 9.17) is 5.11 Å². The molecular weight excluding hydrogens is 544 g/mol. The lowest BCUT2D eigenvalue weighted by Gasteiger charge is -2.01. The average Bonchev–Trinajstić information content (AvgIpc) is 2.83. The number of ketones is 5. The molecule has 7 heteroatoms. The molecule has 1 N–H and O–H groups in total. The zero-order chi connectivity index (χ0) is 30.0. The van der Waals surface area contributed by atoms with E-state index in [-0.39, 0.29) is 64.2 Å². The Morgan fingerprint density at radius 3 is 0.698 bits per heavy atom. The molecule has 0 saturated heterocycles. The quantitative estimate of drug-likeness (QED) is 0.282. The van der Waals surface area contributed by atoms with E-state index < -0.39 is 5.97 Å². The lowest BCUT2D eigenvalue weighted by molar-refractivity contribution is 0.0695. The highest BCUT2D eigenvalue weighted by atomic mass is 16.4. The number of aryl methyl sites for hydroxylation is 3. The largest absolute Gasteiger partial charge is 0.478 e. The molecule has 0 heterocycles. The van der Waals surface area contributed by atoms with Gasteiger partial charge in [-0.2, -0.15) is 0 Å². The van der Waals surface area contributed by atoms with Gasteiger partial charge in [0.15, 0.2) is 28.9 Å². The summed E-state index contributed by atoms with van der Waals surface area (Å²) in [6.07, 6.45) is 0. The van der Waals surface area contributed by atoms with Crippen LogP contribution in [0, 0.1) is 20.8 Å². The van der Waals surface area contributed by atoms with E-state index in [1.165, 1.54) is 46.8 Å². The second-order valence-corrected chi connectivity index (χ2v) is 9.35. The van der Waals surface area contributed by atoms with Crippen LogP contribution in [0.2, 0.25) is 0 Å². The summed E-state index contributed by atoms with van der Waals surface area (Å²) in [7, 11) is 0. The first kappa shape index (κ1) is 45.5. The predicted octanol–water partition coefficient (Wildman–Crippen LogP) is 9.24. The lowest BCUT2D eigenvalue weighted by Crippen LogP contribution is -2.01. The van der Waals surface area contributed by atoms with Crippen molar-refractivity contribution < 1.29 is 33.9 Å². The molecule has 0 aliphatic rings. The number of aromatic carboxylic acids is 1. The number of hydrogen-bond donors (Lipinski definition) is 1. The minimum Gasteiger partial charge on any atom is -0.478 e. The Bertz CT molecular complexity index is 1170. The summed E-state index contributed by atoms with van der Waals surface area (Å²) in [6, 6.07) is 15.0. The summed E-state index contributed by atoms with van der Waals surface area (Å²) < 4.78 is 0. The molecule has 0 aromatic heterocycles. The number of hydrogen-bond acceptors (Lipinski definition) is 6. The van der Waals surface area contributed by atoms with Gasteiger partial charge < -0.3 is 5.11 Å². The predicted molar refractivity (Wildman–Crippen MR) is 177 cm³/mol. The summed E-state index contributed by atoms with van der Waals surface area (Å²) in [5, 5.41) is 8.70. The van der Waals surface area contributed by atoms with Crippen LogP contribution in [0.15, 0.2) is 54.6 Å². The highest BCUT2D eigenvalue weighted by Crippen LogP contribution is 2.12. The van der Waals surface area contributed by atoms with Gasteiger partial charge in [0.25, 0.3) is 0 Å². The number of rotatable bonds is 6. The maximum atomic E-state index is 11.1. The lowest BCUT2D eigenvalue weighted by atomic mass is 10.0. The maximum absolute atomic E-state index is 11.1. The van der Waals surface area contributed by atoms with E-state index >= 15 is 0 Å². The molecule has 236 valence electrons. The molecule has 0 bridgehead atoms. The van der Waals surface area contributed by atoms with E-state index in [2.05, 4.69) is 0 Å². The fourth-order valence-corrected chi connectivity index (χ4v) is 3.49. The fourth-order valence-electron chi connectivity index (χ4n) is 3.49. The Kier molecular flexibility index (Phi) is 21.5. The number of carboxylic acids is 1. The Labute approximate surface area is 258 Å². The minimum absolute atomic E-state index is 0. The van der Waals surface area contributed by atoms with E-state index in [1.54, 1.807) is 49.4 Å². The van der Waals surface area contributed by atoms with Gasteiger partial charge in [0, 0.05) is 27.8 Å². The molecule has 0 atom stereocenters. The van der Waals surface area contributed by atoms with Crippen LogP contribution in [0.25, 0.3) is 0 Å². The smallest absolute Gasteiger partial charge is 0.335 e. The molecule has 0 fully saturated rings. The topological polar surface area (TPSA) is 123 Å². The van der Waals surface area contributed by atoms with Gasteiger partial charge >= 0.3 is 5.97 Å². The first-order valence-corrected chi connectivity index (χ1v) is 12.1. The van der Waals surface area contributed by atoms with Gasteiger partial charge in [0.05, 0.1) is 5.56 Å². The maximum Gasteiger partial charge on any atom is 0.335 e. The Morgan fingerprint density at radius 1 is 0.372 bits per heavy atom. The zero-order valence-electron chi connectivity index (χ0n) is 23.6. The highest BCUT2D eigenvalue weighted by molar-refractivity contribution is 6.01. The first-order chi connectivity index (χ1) is 18.0. The molecule has 0 spiro atoms.